The normalized spacial score (nSPS) is 11.5. The molecule has 3 rings (SSSR count). The molecule has 0 saturated carbocycles. The van der Waals surface area contributed by atoms with Gasteiger partial charge in [0.25, 0.3) is 0 Å². The molecule has 1 heterocycles. The van der Waals surface area contributed by atoms with Crippen LogP contribution in [-0.2, 0) is 36.8 Å². The molecule has 33 heavy (non-hydrogen) atoms. The maximum absolute atomic E-state index is 12.8. The second kappa shape index (κ2) is 11.1. The Kier molecular flexibility index (Phi) is 7.93. The van der Waals surface area contributed by atoms with Gasteiger partial charge in [0.1, 0.15) is 0 Å². The summed E-state index contributed by atoms with van der Waals surface area (Å²) in [7, 11) is 2.44. The Morgan fingerprint density at radius 1 is 0.970 bits per heavy atom. The van der Waals surface area contributed by atoms with Crippen LogP contribution in [0, 0.1) is 0 Å². The van der Waals surface area contributed by atoms with Gasteiger partial charge < -0.3 is 19.3 Å². The Morgan fingerprint density at radius 3 is 2.18 bits per heavy atom. The molecule has 1 unspecified atom stereocenters. The summed E-state index contributed by atoms with van der Waals surface area (Å²) in [5.74, 6) is -2.11. The molecule has 0 bridgehead atoms. The van der Waals surface area contributed by atoms with Crippen molar-refractivity contribution in [2.24, 2.45) is 0 Å². The number of aliphatic hydroxyl groups is 1. The Bertz CT molecular complexity index is 1110. The molecule has 3 aromatic rings. The van der Waals surface area contributed by atoms with E-state index in [0.29, 0.717) is 16.8 Å². The first-order valence-corrected chi connectivity index (χ1v) is 10.2. The van der Waals surface area contributed by atoms with Crippen molar-refractivity contribution in [3.63, 3.8) is 0 Å². The first-order valence-electron chi connectivity index (χ1n) is 10.2. The van der Waals surface area contributed by atoms with E-state index < -0.39 is 24.0 Å². The maximum Gasteiger partial charge on any atom is 0.353 e. The Morgan fingerprint density at radius 2 is 1.61 bits per heavy atom. The van der Waals surface area contributed by atoms with E-state index in [4.69, 9.17) is 14.2 Å². The lowest BCUT2D eigenvalue weighted by atomic mass is 9.98. The topological polar surface area (TPSA) is 117 Å². The van der Waals surface area contributed by atoms with Crippen LogP contribution in [0.1, 0.15) is 27.8 Å². The van der Waals surface area contributed by atoms with Crippen LogP contribution in [-0.4, -0.2) is 53.6 Å². The molecule has 0 aliphatic carbocycles. The van der Waals surface area contributed by atoms with Crippen molar-refractivity contribution in [1.82, 2.24) is 9.78 Å². The van der Waals surface area contributed by atoms with Gasteiger partial charge in [0.15, 0.2) is 0 Å². The summed E-state index contributed by atoms with van der Waals surface area (Å²) in [6.45, 7) is -0.312. The Labute approximate surface area is 190 Å². The smallest absolute Gasteiger partial charge is 0.353 e. The Hall–Kier alpha value is -3.98. The predicted molar refractivity (Wildman–Crippen MR) is 117 cm³/mol. The number of aromatic nitrogens is 2. The van der Waals surface area contributed by atoms with E-state index in [-0.39, 0.29) is 30.8 Å². The van der Waals surface area contributed by atoms with Gasteiger partial charge in [0, 0.05) is 5.56 Å². The third-order valence-electron chi connectivity index (χ3n) is 4.88. The minimum absolute atomic E-state index is 0.00722. The third kappa shape index (κ3) is 5.45. The fourth-order valence-corrected chi connectivity index (χ4v) is 3.38. The van der Waals surface area contributed by atoms with E-state index >= 15 is 0 Å². The van der Waals surface area contributed by atoms with E-state index in [1.165, 1.54) is 18.9 Å². The molecular formula is C24H24N2O7. The van der Waals surface area contributed by atoms with E-state index in [1.54, 1.807) is 54.6 Å². The van der Waals surface area contributed by atoms with Gasteiger partial charge in [0.05, 0.1) is 50.7 Å². The summed E-state index contributed by atoms with van der Waals surface area (Å²) in [5, 5.41) is 14.0. The fourth-order valence-electron chi connectivity index (χ4n) is 3.38. The number of ether oxygens (including phenoxy) is 3. The molecular weight excluding hydrogens is 428 g/mol. The molecule has 172 valence electrons. The van der Waals surface area contributed by atoms with Crippen LogP contribution >= 0.6 is 0 Å². The van der Waals surface area contributed by atoms with E-state index in [1.807, 2.05) is 6.07 Å². The molecule has 0 radical (unpaired) electrons. The number of benzene rings is 2. The largest absolute Gasteiger partial charge is 0.469 e. The lowest BCUT2D eigenvalue weighted by molar-refractivity contribution is -0.151. The highest BCUT2D eigenvalue weighted by atomic mass is 16.6. The van der Waals surface area contributed by atoms with Gasteiger partial charge in [-0.2, -0.15) is 5.10 Å². The number of carbonyl (C=O) groups is 3. The molecule has 0 fully saturated rings. The summed E-state index contributed by atoms with van der Waals surface area (Å²) in [6, 6.07) is 17.1. The molecule has 9 nitrogen and oxygen atoms in total. The minimum atomic E-state index is -1.50. The molecule has 0 saturated heterocycles. The first-order chi connectivity index (χ1) is 16.0. The van der Waals surface area contributed by atoms with Gasteiger partial charge in [0.2, 0.25) is 6.10 Å². The average Bonchev–Trinajstić information content (AvgIpc) is 3.20. The number of hydrogen-bond acceptors (Lipinski definition) is 8. The second-order valence-electron chi connectivity index (χ2n) is 6.95. The minimum Gasteiger partial charge on any atom is -0.469 e. The molecule has 9 heteroatoms. The summed E-state index contributed by atoms with van der Waals surface area (Å²) in [6.07, 6.45) is -1.68. The molecule has 0 amide bonds. The number of nitrogens with zero attached hydrogens (tertiary/aromatic N) is 2. The molecule has 0 aliphatic rings. The SMILES string of the molecule is COC(=O)Cc1nn(CCO)c(C(OC(=O)c2ccccc2)C(=O)OC)c1-c1ccccc1. The number of esters is 3. The maximum atomic E-state index is 12.8. The quantitative estimate of drug-likeness (QED) is 0.388. The van der Waals surface area contributed by atoms with Crippen molar-refractivity contribution in [3.05, 3.63) is 77.6 Å². The third-order valence-corrected chi connectivity index (χ3v) is 4.88. The van der Waals surface area contributed by atoms with E-state index in [2.05, 4.69) is 5.10 Å². The fraction of sp³-hybridized carbons (Fsp3) is 0.250. The van der Waals surface area contributed by atoms with Crippen molar-refractivity contribution in [2.45, 2.75) is 19.1 Å². The van der Waals surface area contributed by atoms with Crippen LogP contribution in [0.3, 0.4) is 0 Å². The molecule has 1 N–H and O–H groups in total. The second-order valence-corrected chi connectivity index (χ2v) is 6.95. The van der Waals surface area contributed by atoms with Gasteiger partial charge in [-0.25, -0.2) is 9.59 Å². The zero-order valence-corrected chi connectivity index (χ0v) is 18.3. The van der Waals surface area contributed by atoms with Gasteiger partial charge >= 0.3 is 17.9 Å². The van der Waals surface area contributed by atoms with Crippen LogP contribution in [0.25, 0.3) is 11.1 Å². The highest BCUT2D eigenvalue weighted by Gasteiger charge is 2.35. The summed E-state index contributed by atoms with van der Waals surface area (Å²) < 4.78 is 16.7. The highest BCUT2D eigenvalue weighted by molar-refractivity contribution is 5.92. The molecule has 2 aromatic carbocycles. The van der Waals surface area contributed by atoms with Crippen molar-refractivity contribution >= 4 is 17.9 Å². The Balaban J connectivity index is 2.19. The number of methoxy groups -OCH3 is 2. The van der Waals surface area contributed by atoms with Gasteiger partial charge in [-0.05, 0) is 17.7 Å². The van der Waals surface area contributed by atoms with Gasteiger partial charge in [-0.1, -0.05) is 48.5 Å². The summed E-state index contributed by atoms with van der Waals surface area (Å²) >= 11 is 0. The monoisotopic (exact) mass is 452 g/mol. The average molecular weight is 452 g/mol. The van der Waals surface area contributed by atoms with Crippen LogP contribution in [0.4, 0.5) is 0 Å². The highest BCUT2D eigenvalue weighted by Crippen LogP contribution is 2.35. The van der Waals surface area contributed by atoms with Crippen LogP contribution in [0.2, 0.25) is 0 Å². The molecule has 0 spiro atoms. The predicted octanol–water partition coefficient (Wildman–Crippen LogP) is 2.33. The van der Waals surface area contributed by atoms with Crippen LogP contribution in [0.15, 0.2) is 60.7 Å². The number of hydrogen-bond donors (Lipinski definition) is 1. The summed E-state index contributed by atoms with van der Waals surface area (Å²) in [5.41, 5.74) is 1.80. The zero-order valence-electron chi connectivity index (χ0n) is 18.3. The van der Waals surface area contributed by atoms with Crippen LogP contribution < -0.4 is 0 Å². The number of aliphatic hydroxyl groups excluding tert-OH is 1. The van der Waals surface area contributed by atoms with Crippen molar-refractivity contribution < 1.29 is 33.7 Å². The standard InChI is InChI=1S/C24H24N2O7/c1-31-19(28)15-18-20(16-9-5-3-6-10-16)21(26(25-18)13-14-27)22(24(30)32-2)33-23(29)17-11-7-4-8-12-17/h3-12,22,27H,13-15H2,1-2H3. The summed E-state index contributed by atoms with van der Waals surface area (Å²) in [4.78, 5) is 37.7. The lowest BCUT2D eigenvalue weighted by Gasteiger charge is -2.19. The van der Waals surface area contributed by atoms with Gasteiger partial charge in [-0.15, -0.1) is 0 Å². The van der Waals surface area contributed by atoms with Crippen molar-refractivity contribution in [2.75, 3.05) is 20.8 Å². The number of rotatable bonds is 9. The molecule has 0 aliphatic heterocycles. The van der Waals surface area contributed by atoms with Crippen molar-refractivity contribution in [3.8, 4) is 11.1 Å². The van der Waals surface area contributed by atoms with Gasteiger partial charge in [-0.3, -0.25) is 9.48 Å². The molecule has 1 aromatic heterocycles. The lowest BCUT2D eigenvalue weighted by Crippen LogP contribution is -2.25. The zero-order chi connectivity index (χ0) is 23.8. The molecule has 1 atom stereocenters. The van der Waals surface area contributed by atoms with Crippen molar-refractivity contribution in [1.29, 1.82) is 0 Å². The van der Waals surface area contributed by atoms with Crippen LogP contribution in [0.5, 0.6) is 0 Å². The van der Waals surface area contributed by atoms with E-state index in [0.717, 1.165) is 0 Å². The van der Waals surface area contributed by atoms with E-state index in [9.17, 15) is 19.5 Å². The number of carbonyl (C=O) groups excluding carboxylic acids is 3. The first kappa shape index (κ1) is 23.7.